The van der Waals surface area contributed by atoms with Crippen LogP contribution in [0.2, 0.25) is 0 Å². The highest BCUT2D eigenvalue weighted by Crippen LogP contribution is 2.25. The number of hydrogen-bond acceptors (Lipinski definition) is 18. The van der Waals surface area contributed by atoms with Crippen molar-refractivity contribution in [2.75, 3.05) is 95.9 Å². The molecule has 406 valence electrons. The third-order valence-electron chi connectivity index (χ3n) is 12.8. The Bertz CT molecular complexity index is 3310. The maximum Gasteiger partial charge on any atom is 0.439 e. The van der Waals surface area contributed by atoms with Crippen molar-refractivity contribution in [2.24, 2.45) is 5.73 Å². The van der Waals surface area contributed by atoms with Gasteiger partial charge in [-0.3, -0.25) is 43.7 Å². The number of aliphatic hydroxyl groups excluding tert-OH is 2. The SMILES string of the molecule is N=C(N)c1ccc(NC(=O)[C@H](O)[C@H]2OCCN(c3ccc(C(=O)N4CCS(=O)(=O)CC4)cc3)C2=O)cc1.O=C(Nc1ccc(-c2noc(=O)[nH]2)cc1)[C@H](O)[C@H]1OCCN(c2ccc(C(=O)N3CCS(=O)(=O)CC3)cc2)C1=O. The molecule has 26 nitrogen and oxygen atoms in total. The first-order valence-corrected chi connectivity index (χ1v) is 27.5. The van der Waals surface area contributed by atoms with Gasteiger partial charge in [-0.1, -0.05) is 5.16 Å². The van der Waals surface area contributed by atoms with E-state index in [9.17, 15) is 60.6 Å². The number of aromatic amines is 1. The van der Waals surface area contributed by atoms with E-state index in [4.69, 9.17) is 20.6 Å². The second-order valence-corrected chi connectivity index (χ2v) is 22.5. The van der Waals surface area contributed by atoms with Crippen molar-refractivity contribution in [3.05, 3.63) is 124 Å². The van der Waals surface area contributed by atoms with Crippen molar-refractivity contribution in [3.8, 4) is 11.4 Å². The summed E-state index contributed by atoms with van der Waals surface area (Å²) in [6.07, 6.45) is -6.47. The smallest absolute Gasteiger partial charge is 0.384 e. The second kappa shape index (κ2) is 23.4. The predicted octanol–water partition coefficient (Wildman–Crippen LogP) is -0.795. The van der Waals surface area contributed by atoms with Gasteiger partial charge in [0.25, 0.3) is 35.4 Å². The molecule has 0 saturated carbocycles. The normalized spacial score (nSPS) is 20.0. The number of nitrogens with two attached hydrogens (primary N) is 1. The molecule has 4 atom stereocenters. The van der Waals surface area contributed by atoms with Crippen molar-refractivity contribution in [1.29, 1.82) is 5.41 Å². The van der Waals surface area contributed by atoms with Gasteiger partial charge in [0.2, 0.25) is 0 Å². The summed E-state index contributed by atoms with van der Waals surface area (Å²) in [4.78, 5) is 96.2. The van der Waals surface area contributed by atoms with Crippen LogP contribution in [-0.2, 0) is 48.3 Å². The average Bonchev–Trinajstić information content (AvgIpc) is 3.87. The Hall–Kier alpha value is -8.15. The van der Waals surface area contributed by atoms with Gasteiger partial charge >= 0.3 is 5.76 Å². The highest BCUT2D eigenvalue weighted by atomic mass is 32.2. The molecule has 8 N–H and O–H groups in total. The van der Waals surface area contributed by atoms with E-state index in [0.717, 1.165) is 0 Å². The first kappa shape index (κ1) is 55.1. The molecule has 77 heavy (non-hydrogen) atoms. The lowest BCUT2D eigenvalue weighted by atomic mass is 10.1. The van der Waals surface area contributed by atoms with E-state index in [0.29, 0.717) is 45.0 Å². The van der Waals surface area contributed by atoms with Crippen LogP contribution < -0.4 is 31.9 Å². The summed E-state index contributed by atoms with van der Waals surface area (Å²) < 4.78 is 61.8. The number of aromatic nitrogens is 2. The zero-order chi connectivity index (χ0) is 55.2. The second-order valence-electron chi connectivity index (χ2n) is 17.9. The van der Waals surface area contributed by atoms with E-state index in [1.54, 1.807) is 60.7 Å². The lowest BCUT2D eigenvalue weighted by molar-refractivity contribution is -0.150. The standard InChI is InChI=1S/C25H25N5O9S.C24H27N5O7S/c31-19(22(32)26-17-5-1-15(2-6-17)21-27-25(35)39-28-21)20-24(34)30(9-12-38-20)18-7-3-16(4-8-18)23(33)29-10-13-40(36,37)14-11-29;25-21(26)15-1-5-17(6-2-15)27-22(31)19(30)20-24(33)29(9-12-36-20)18-7-3-16(4-8-18)23(32)28-10-13-37(34,35)14-11-28/h1-8,19-20,31H,9-14H2,(H,26,32)(H,27,28,35);1-8,19-20,30H,9-14H2,(H3,25,26)(H,27,31)/t2*19-,20-/m11/s1. The zero-order valence-corrected chi connectivity index (χ0v) is 42.4. The van der Waals surface area contributed by atoms with Crippen LogP contribution >= 0.6 is 0 Å². The van der Waals surface area contributed by atoms with Crippen LogP contribution in [0.3, 0.4) is 0 Å². The number of aliphatic hydroxyl groups is 2. The molecule has 5 aromatic rings. The van der Waals surface area contributed by atoms with Gasteiger partial charge in [-0.25, -0.2) is 21.6 Å². The molecule has 6 amide bonds. The van der Waals surface area contributed by atoms with Gasteiger partial charge in [-0.05, 0) is 97.1 Å². The number of carbonyl (C=O) groups excluding carboxylic acids is 6. The fourth-order valence-electron chi connectivity index (χ4n) is 8.45. The van der Waals surface area contributed by atoms with E-state index in [1.807, 2.05) is 0 Å². The Kier molecular flexibility index (Phi) is 16.7. The number of carbonyl (C=O) groups is 6. The van der Waals surface area contributed by atoms with Gasteiger partial charge in [-0.2, -0.15) is 0 Å². The largest absolute Gasteiger partial charge is 0.439 e. The fourth-order valence-corrected chi connectivity index (χ4v) is 10.8. The number of hydrogen-bond donors (Lipinski definition) is 7. The van der Waals surface area contributed by atoms with E-state index in [1.165, 1.54) is 56.0 Å². The molecule has 0 spiro atoms. The molecule has 5 heterocycles. The van der Waals surface area contributed by atoms with Gasteiger partial charge < -0.3 is 55.7 Å². The Morgan fingerprint density at radius 2 is 0.974 bits per heavy atom. The molecule has 4 saturated heterocycles. The van der Waals surface area contributed by atoms with Crippen molar-refractivity contribution < 1.29 is 69.8 Å². The fraction of sp³-hybridized carbons (Fsp3) is 0.327. The summed E-state index contributed by atoms with van der Waals surface area (Å²) in [6, 6.07) is 24.8. The molecule has 4 aliphatic rings. The van der Waals surface area contributed by atoms with Gasteiger partial charge in [0.05, 0.1) is 36.2 Å². The first-order chi connectivity index (χ1) is 36.7. The number of rotatable bonds is 12. The Labute approximate surface area is 439 Å². The van der Waals surface area contributed by atoms with Crippen molar-refractivity contribution in [2.45, 2.75) is 24.4 Å². The number of nitrogen functional groups attached to an aromatic ring is 1. The molecule has 4 fully saturated rings. The quantitative estimate of drug-likeness (QED) is 0.0594. The molecule has 28 heteroatoms. The minimum Gasteiger partial charge on any atom is -0.384 e. The average molecular weight is 1100 g/mol. The number of benzene rings is 4. The van der Waals surface area contributed by atoms with Crippen molar-refractivity contribution in [1.82, 2.24) is 19.9 Å². The van der Waals surface area contributed by atoms with Gasteiger partial charge in [0.15, 0.2) is 49.9 Å². The molecule has 0 aliphatic carbocycles. The lowest BCUT2D eigenvalue weighted by Crippen LogP contribution is -2.55. The monoisotopic (exact) mass is 1100 g/mol. The van der Waals surface area contributed by atoms with Crippen molar-refractivity contribution in [3.63, 3.8) is 0 Å². The first-order valence-electron chi connectivity index (χ1n) is 23.8. The summed E-state index contributed by atoms with van der Waals surface area (Å²) in [6.45, 7) is 1.02. The number of nitrogens with zero attached hydrogens (tertiary/aromatic N) is 5. The molecule has 4 aromatic carbocycles. The third kappa shape index (κ3) is 13.3. The topological polar surface area (TPSA) is 375 Å². The van der Waals surface area contributed by atoms with Crippen LogP contribution in [0.15, 0.2) is 106 Å². The van der Waals surface area contributed by atoms with Gasteiger partial charge in [0.1, 0.15) is 5.84 Å². The number of anilines is 4. The number of morpholine rings is 2. The van der Waals surface area contributed by atoms with Crippen molar-refractivity contribution >= 4 is 83.7 Å². The highest BCUT2D eigenvalue weighted by molar-refractivity contribution is 7.91. The van der Waals surface area contributed by atoms with Crippen LogP contribution in [0.5, 0.6) is 0 Å². The number of amidine groups is 1. The van der Waals surface area contributed by atoms with Gasteiger partial charge in [0, 0.05) is 84.3 Å². The minimum absolute atomic E-state index is 0.0638. The molecular formula is C49H52N10O16S2. The predicted molar refractivity (Wildman–Crippen MR) is 275 cm³/mol. The molecule has 0 bridgehead atoms. The molecule has 1 aromatic heterocycles. The van der Waals surface area contributed by atoms with Crippen LogP contribution in [-0.4, -0.2) is 188 Å². The summed E-state index contributed by atoms with van der Waals surface area (Å²) >= 11 is 0. The minimum atomic E-state index is -3.12. The highest BCUT2D eigenvalue weighted by Gasteiger charge is 2.41. The Morgan fingerprint density at radius 3 is 1.34 bits per heavy atom. The molecule has 4 aliphatic heterocycles. The molecule has 0 unspecified atom stereocenters. The number of sulfone groups is 2. The van der Waals surface area contributed by atoms with Crippen LogP contribution in [0, 0.1) is 5.41 Å². The van der Waals surface area contributed by atoms with E-state index < -0.39 is 73.5 Å². The van der Waals surface area contributed by atoms with Crippen LogP contribution in [0.1, 0.15) is 26.3 Å². The number of H-pyrrole nitrogens is 1. The zero-order valence-electron chi connectivity index (χ0n) is 40.8. The molecule has 0 radical (unpaired) electrons. The van der Waals surface area contributed by atoms with E-state index >= 15 is 0 Å². The van der Waals surface area contributed by atoms with E-state index in [-0.39, 0.29) is 99.0 Å². The summed E-state index contributed by atoms with van der Waals surface area (Å²) in [5, 5.41) is 37.2. The lowest BCUT2D eigenvalue weighted by Gasteiger charge is -2.34. The van der Waals surface area contributed by atoms with E-state index in [2.05, 4.69) is 25.3 Å². The maximum atomic E-state index is 13.1. The van der Waals surface area contributed by atoms with Gasteiger partial charge in [-0.15, -0.1) is 0 Å². The number of ether oxygens (including phenoxy) is 2. The van der Waals surface area contributed by atoms with Crippen LogP contribution in [0.4, 0.5) is 22.7 Å². The summed E-state index contributed by atoms with van der Waals surface area (Å²) in [5.41, 5.74) is 8.70. The number of nitrogens with one attached hydrogen (secondary N) is 4. The molecular weight excluding hydrogens is 1050 g/mol. The summed E-state index contributed by atoms with van der Waals surface area (Å²) in [5.74, 6) is -4.43. The number of amides is 6. The Morgan fingerprint density at radius 1 is 0.597 bits per heavy atom. The Balaban J connectivity index is 0.000000204. The third-order valence-corrected chi connectivity index (χ3v) is 16.0. The van der Waals surface area contributed by atoms with Crippen LogP contribution in [0.25, 0.3) is 11.4 Å². The summed E-state index contributed by atoms with van der Waals surface area (Å²) in [7, 11) is -6.23. The molecule has 9 rings (SSSR count). The maximum absolute atomic E-state index is 13.1.